The monoisotopic (exact) mass is 245 g/mol. The largest absolute Gasteiger partial charge is 0.480 e. The molecule has 0 aliphatic carbocycles. The third-order valence-electron chi connectivity index (χ3n) is 1.59. The summed E-state index contributed by atoms with van der Waals surface area (Å²) in [7, 11) is 1.29. The van der Waals surface area contributed by atoms with Crippen LogP contribution in [0.1, 0.15) is 0 Å². The molecule has 0 aliphatic rings. The molecule has 96 valence electrons. The Balaban J connectivity index is 4.25. The Morgan fingerprint density at radius 2 is 2.06 bits per heavy atom. The molecule has 0 saturated carbocycles. The lowest BCUT2D eigenvalue weighted by Crippen LogP contribution is -2.43. The minimum absolute atomic E-state index is 0.145. The van der Waals surface area contributed by atoms with E-state index in [0.717, 1.165) is 0 Å². The maximum Gasteiger partial charge on any atom is 0.401 e. The number of carbonyl (C=O) groups is 1. The number of halogens is 3. The Kier molecular flexibility index (Phi) is 6.31. The number of aliphatic carboxylic acids is 1. The van der Waals surface area contributed by atoms with Gasteiger partial charge < -0.3 is 14.9 Å². The quantitative estimate of drug-likeness (QED) is 0.657. The van der Waals surface area contributed by atoms with Crippen LogP contribution in [-0.4, -0.2) is 66.7 Å². The number of aliphatic hydroxyl groups excluding tert-OH is 1. The van der Waals surface area contributed by atoms with Crippen molar-refractivity contribution in [3.63, 3.8) is 0 Å². The van der Waals surface area contributed by atoms with E-state index in [4.69, 9.17) is 5.11 Å². The van der Waals surface area contributed by atoms with Crippen LogP contribution in [0.2, 0.25) is 0 Å². The number of hydrogen-bond acceptors (Lipinski definition) is 4. The van der Waals surface area contributed by atoms with Crippen LogP contribution < -0.4 is 0 Å². The Hall–Kier alpha value is -0.860. The van der Waals surface area contributed by atoms with E-state index in [1.165, 1.54) is 7.11 Å². The van der Waals surface area contributed by atoms with Gasteiger partial charge in [-0.05, 0) is 0 Å². The molecule has 0 rings (SSSR count). The van der Waals surface area contributed by atoms with Crippen molar-refractivity contribution in [2.75, 3.05) is 33.4 Å². The molecule has 0 aromatic rings. The number of carboxylic acid groups (broad SMARTS) is 1. The summed E-state index contributed by atoms with van der Waals surface area (Å²) >= 11 is 0. The predicted molar refractivity (Wildman–Crippen MR) is 48.0 cm³/mol. The molecule has 1 atom stereocenters. The highest BCUT2D eigenvalue weighted by atomic mass is 19.4. The van der Waals surface area contributed by atoms with Crippen molar-refractivity contribution in [3.05, 3.63) is 0 Å². The van der Waals surface area contributed by atoms with Gasteiger partial charge in [0.05, 0.1) is 25.8 Å². The molecule has 0 aromatic carbocycles. The molecule has 0 aromatic heterocycles. The van der Waals surface area contributed by atoms with E-state index in [-0.39, 0.29) is 6.61 Å². The van der Waals surface area contributed by atoms with Crippen molar-refractivity contribution < 1.29 is 32.9 Å². The molecule has 0 saturated heterocycles. The van der Waals surface area contributed by atoms with E-state index < -0.39 is 37.9 Å². The fourth-order valence-corrected chi connectivity index (χ4v) is 1.17. The highest BCUT2D eigenvalue weighted by Crippen LogP contribution is 2.16. The first-order valence-electron chi connectivity index (χ1n) is 4.42. The van der Waals surface area contributed by atoms with Gasteiger partial charge in [0.15, 0.2) is 0 Å². The molecular weight excluding hydrogens is 231 g/mol. The molecule has 0 radical (unpaired) electrons. The smallest absolute Gasteiger partial charge is 0.401 e. The van der Waals surface area contributed by atoms with E-state index in [1.54, 1.807) is 0 Å². The summed E-state index contributed by atoms with van der Waals surface area (Å²) in [5.41, 5.74) is 0. The van der Waals surface area contributed by atoms with Crippen LogP contribution in [-0.2, 0) is 9.53 Å². The van der Waals surface area contributed by atoms with Gasteiger partial charge in [0.25, 0.3) is 0 Å². The predicted octanol–water partition coefficient (Wildman–Crippen LogP) is -0.0574. The lowest BCUT2D eigenvalue weighted by molar-refractivity contribution is -0.156. The molecule has 0 bridgehead atoms. The average Bonchev–Trinajstić information content (AvgIpc) is 1.98. The Bertz CT molecular complexity index is 222. The highest BCUT2D eigenvalue weighted by molar-refractivity contribution is 5.69. The summed E-state index contributed by atoms with van der Waals surface area (Å²) in [6, 6.07) is 0. The maximum atomic E-state index is 12.0. The number of rotatable bonds is 7. The number of carboxylic acids is 1. The standard InChI is InChI=1S/C8H14F3NO4/c1-16-4-6(13)2-12(3-7(14)15)5-8(9,10)11/h6,13H,2-5H2,1H3,(H,14,15). The van der Waals surface area contributed by atoms with Gasteiger partial charge >= 0.3 is 12.1 Å². The van der Waals surface area contributed by atoms with Crippen LogP contribution in [0.15, 0.2) is 0 Å². The van der Waals surface area contributed by atoms with Crippen LogP contribution in [0.5, 0.6) is 0 Å². The van der Waals surface area contributed by atoms with Gasteiger partial charge in [0.2, 0.25) is 0 Å². The van der Waals surface area contributed by atoms with E-state index in [0.29, 0.717) is 4.90 Å². The highest BCUT2D eigenvalue weighted by Gasteiger charge is 2.32. The zero-order chi connectivity index (χ0) is 12.8. The minimum atomic E-state index is -4.50. The van der Waals surface area contributed by atoms with Crippen molar-refractivity contribution >= 4 is 5.97 Å². The van der Waals surface area contributed by atoms with Crippen LogP contribution in [0.4, 0.5) is 13.2 Å². The first kappa shape index (κ1) is 15.1. The van der Waals surface area contributed by atoms with Crippen LogP contribution in [0.25, 0.3) is 0 Å². The molecule has 16 heavy (non-hydrogen) atoms. The molecule has 0 amide bonds. The summed E-state index contributed by atoms with van der Waals surface area (Å²) in [6.45, 7) is -2.70. The summed E-state index contributed by atoms with van der Waals surface area (Å²) in [6.07, 6.45) is -5.64. The molecular formula is C8H14F3NO4. The molecule has 0 heterocycles. The Morgan fingerprint density at radius 3 is 2.44 bits per heavy atom. The molecule has 0 fully saturated rings. The van der Waals surface area contributed by atoms with E-state index in [2.05, 4.69) is 4.74 Å². The molecule has 1 unspecified atom stereocenters. The third kappa shape index (κ3) is 8.45. The second kappa shape index (κ2) is 6.66. The number of hydrogen-bond donors (Lipinski definition) is 2. The van der Waals surface area contributed by atoms with E-state index in [9.17, 15) is 23.1 Å². The van der Waals surface area contributed by atoms with Crippen LogP contribution in [0.3, 0.4) is 0 Å². The number of nitrogens with zero attached hydrogens (tertiary/aromatic N) is 1. The first-order chi connectivity index (χ1) is 7.24. The zero-order valence-corrected chi connectivity index (χ0v) is 8.70. The molecule has 8 heteroatoms. The van der Waals surface area contributed by atoms with E-state index >= 15 is 0 Å². The Labute approximate surface area is 90.4 Å². The van der Waals surface area contributed by atoms with Crippen LogP contribution >= 0.6 is 0 Å². The molecule has 0 spiro atoms. The molecule has 5 nitrogen and oxygen atoms in total. The number of ether oxygens (including phenoxy) is 1. The third-order valence-corrected chi connectivity index (χ3v) is 1.59. The summed E-state index contributed by atoms with van der Waals surface area (Å²) in [5, 5.41) is 17.6. The Morgan fingerprint density at radius 1 is 1.50 bits per heavy atom. The maximum absolute atomic E-state index is 12.0. The average molecular weight is 245 g/mol. The second-order valence-corrected chi connectivity index (χ2v) is 3.29. The summed E-state index contributed by atoms with van der Waals surface area (Å²) < 4.78 is 40.7. The van der Waals surface area contributed by atoms with E-state index in [1.807, 2.05) is 0 Å². The van der Waals surface area contributed by atoms with Crippen molar-refractivity contribution in [1.82, 2.24) is 4.90 Å². The fourth-order valence-electron chi connectivity index (χ4n) is 1.17. The number of alkyl halides is 3. The van der Waals surface area contributed by atoms with Crippen molar-refractivity contribution in [2.45, 2.75) is 12.3 Å². The van der Waals surface area contributed by atoms with Gasteiger partial charge in [0.1, 0.15) is 0 Å². The van der Waals surface area contributed by atoms with Gasteiger partial charge in [-0.25, -0.2) is 0 Å². The van der Waals surface area contributed by atoms with Crippen LogP contribution in [0, 0.1) is 0 Å². The molecule has 2 N–H and O–H groups in total. The second-order valence-electron chi connectivity index (χ2n) is 3.29. The van der Waals surface area contributed by atoms with Crippen molar-refractivity contribution in [3.8, 4) is 0 Å². The van der Waals surface area contributed by atoms with Crippen molar-refractivity contribution in [2.24, 2.45) is 0 Å². The van der Waals surface area contributed by atoms with Gasteiger partial charge in [-0.2, -0.15) is 13.2 Å². The van der Waals surface area contributed by atoms with Gasteiger partial charge in [0, 0.05) is 13.7 Å². The normalized spacial score (nSPS) is 14.1. The summed E-state index contributed by atoms with van der Waals surface area (Å²) in [4.78, 5) is 10.9. The SMILES string of the molecule is COCC(O)CN(CC(=O)O)CC(F)(F)F. The number of aliphatic hydroxyl groups is 1. The zero-order valence-electron chi connectivity index (χ0n) is 8.70. The van der Waals surface area contributed by atoms with Gasteiger partial charge in [-0.1, -0.05) is 0 Å². The van der Waals surface area contributed by atoms with Gasteiger partial charge in [-0.15, -0.1) is 0 Å². The topological polar surface area (TPSA) is 70.0 Å². The molecule has 0 aliphatic heterocycles. The number of methoxy groups -OCH3 is 1. The lowest BCUT2D eigenvalue weighted by atomic mass is 10.3. The van der Waals surface area contributed by atoms with Crippen molar-refractivity contribution in [1.29, 1.82) is 0 Å². The first-order valence-corrected chi connectivity index (χ1v) is 4.42. The van der Waals surface area contributed by atoms with Gasteiger partial charge in [-0.3, -0.25) is 9.69 Å². The fraction of sp³-hybridized carbons (Fsp3) is 0.875. The minimum Gasteiger partial charge on any atom is -0.480 e. The lowest BCUT2D eigenvalue weighted by Gasteiger charge is -2.23. The summed E-state index contributed by atoms with van der Waals surface area (Å²) in [5.74, 6) is -1.38.